The fourth-order valence-corrected chi connectivity index (χ4v) is 2.62. The Labute approximate surface area is 121 Å². The Morgan fingerprint density at radius 3 is 3.10 bits per heavy atom. The first-order valence-corrected chi connectivity index (χ1v) is 7.09. The van der Waals surface area contributed by atoms with Crippen molar-refractivity contribution in [2.45, 2.75) is 19.3 Å². The molecule has 0 radical (unpaired) electrons. The zero-order chi connectivity index (χ0) is 13.9. The third kappa shape index (κ3) is 2.99. The predicted molar refractivity (Wildman–Crippen MR) is 74.0 cm³/mol. The van der Waals surface area contributed by atoms with E-state index in [9.17, 15) is 4.39 Å². The van der Waals surface area contributed by atoms with Crippen molar-refractivity contribution in [3.8, 4) is 11.4 Å². The van der Waals surface area contributed by atoms with Gasteiger partial charge in [0, 0.05) is 12.0 Å². The summed E-state index contributed by atoms with van der Waals surface area (Å²) in [6.45, 7) is 2.07. The standard InChI is InChI=1S/C14H15ClFN3O/c15-11-7-10(3-4-12(11)16)14-18-13(20-19-14)6-9-2-1-5-17-8-9/h3-4,7,9,17H,1-2,5-6,8H2. The highest BCUT2D eigenvalue weighted by Crippen LogP contribution is 2.23. The van der Waals surface area contributed by atoms with Gasteiger partial charge in [0.15, 0.2) is 0 Å². The van der Waals surface area contributed by atoms with Crippen LogP contribution in [-0.4, -0.2) is 23.2 Å². The van der Waals surface area contributed by atoms with Crippen LogP contribution in [0.15, 0.2) is 22.7 Å². The topological polar surface area (TPSA) is 51.0 Å². The summed E-state index contributed by atoms with van der Waals surface area (Å²) in [5, 5.41) is 7.35. The van der Waals surface area contributed by atoms with Gasteiger partial charge >= 0.3 is 0 Å². The van der Waals surface area contributed by atoms with Crippen molar-refractivity contribution in [1.82, 2.24) is 15.5 Å². The van der Waals surface area contributed by atoms with Gasteiger partial charge in [-0.25, -0.2) is 4.39 Å². The average Bonchev–Trinajstić information content (AvgIpc) is 2.91. The molecule has 4 nitrogen and oxygen atoms in total. The lowest BCUT2D eigenvalue weighted by molar-refractivity contribution is 0.316. The molecule has 20 heavy (non-hydrogen) atoms. The van der Waals surface area contributed by atoms with Crippen LogP contribution in [0.4, 0.5) is 4.39 Å². The van der Waals surface area contributed by atoms with Crippen LogP contribution in [-0.2, 0) is 6.42 Å². The van der Waals surface area contributed by atoms with Gasteiger partial charge in [-0.05, 0) is 50.0 Å². The van der Waals surface area contributed by atoms with Gasteiger partial charge in [-0.15, -0.1) is 0 Å². The molecule has 0 saturated carbocycles. The van der Waals surface area contributed by atoms with Crippen molar-refractivity contribution in [2.75, 3.05) is 13.1 Å². The third-order valence-corrected chi connectivity index (χ3v) is 3.80. The van der Waals surface area contributed by atoms with E-state index in [-0.39, 0.29) is 5.02 Å². The highest BCUT2D eigenvalue weighted by molar-refractivity contribution is 6.31. The van der Waals surface area contributed by atoms with E-state index < -0.39 is 5.82 Å². The summed E-state index contributed by atoms with van der Waals surface area (Å²) < 4.78 is 18.4. The van der Waals surface area contributed by atoms with Crippen LogP contribution < -0.4 is 5.32 Å². The molecule has 1 aliphatic heterocycles. The summed E-state index contributed by atoms with van der Waals surface area (Å²) in [5.41, 5.74) is 0.660. The fourth-order valence-electron chi connectivity index (χ4n) is 2.44. The molecule has 2 aromatic rings. The molecular formula is C14H15ClFN3O. The quantitative estimate of drug-likeness (QED) is 0.945. The first-order valence-electron chi connectivity index (χ1n) is 6.71. The van der Waals surface area contributed by atoms with E-state index in [1.54, 1.807) is 6.07 Å². The van der Waals surface area contributed by atoms with E-state index >= 15 is 0 Å². The minimum Gasteiger partial charge on any atom is -0.339 e. The summed E-state index contributed by atoms with van der Waals surface area (Å²) in [4.78, 5) is 4.36. The lowest BCUT2D eigenvalue weighted by Crippen LogP contribution is -2.30. The number of rotatable bonds is 3. The molecule has 1 aromatic carbocycles. The number of nitrogens with one attached hydrogen (secondary N) is 1. The van der Waals surface area contributed by atoms with Crippen molar-refractivity contribution in [3.05, 3.63) is 34.9 Å². The molecule has 3 rings (SSSR count). The Morgan fingerprint density at radius 1 is 1.45 bits per heavy atom. The predicted octanol–water partition coefficient (Wildman–Crippen LogP) is 3.07. The maximum absolute atomic E-state index is 13.1. The fraction of sp³-hybridized carbons (Fsp3) is 0.429. The van der Waals surface area contributed by atoms with Crippen molar-refractivity contribution in [3.63, 3.8) is 0 Å². The Morgan fingerprint density at radius 2 is 2.35 bits per heavy atom. The zero-order valence-electron chi connectivity index (χ0n) is 10.9. The maximum Gasteiger partial charge on any atom is 0.227 e. The molecule has 1 aromatic heterocycles. The first-order chi connectivity index (χ1) is 9.72. The zero-order valence-corrected chi connectivity index (χ0v) is 11.7. The number of benzene rings is 1. The Kier molecular flexibility index (Phi) is 3.98. The van der Waals surface area contributed by atoms with Crippen LogP contribution in [0.5, 0.6) is 0 Å². The molecule has 1 atom stereocenters. The molecule has 1 saturated heterocycles. The van der Waals surface area contributed by atoms with Gasteiger partial charge in [0.25, 0.3) is 0 Å². The maximum atomic E-state index is 13.1. The Balaban J connectivity index is 1.73. The molecular weight excluding hydrogens is 281 g/mol. The molecule has 1 N–H and O–H groups in total. The SMILES string of the molecule is Fc1ccc(-c2noc(CC3CCCNC3)n2)cc1Cl. The molecule has 1 fully saturated rings. The van der Waals surface area contributed by atoms with Crippen LogP contribution in [0.2, 0.25) is 5.02 Å². The normalized spacial score (nSPS) is 19.2. The summed E-state index contributed by atoms with van der Waals surface area (Å²) >= 11 is 5.76. The first kappa shape index (κ1) is 13.5. The Bertz CT molecular complexity index is 596. The molecule has 0 aliphatic carbocycles. The number of aromatic nitrogens is 2. The van der Waals surface area contributed by atoms with E-state index in [0.717, 1.165) is 19.5 Å². The monoisotopic (exact) mass is 295 g/mol. The van der Waals surface area contributed by atoms with Crippen LogP contribution in [0.3, 0.4) is 0 Å². The van der Waals surface area contributed by atoms with E-state index in [0.29, 0.717) is 23.2 Å². The highest BCUT2D eigenvalue weighted by Gasteiger charge is 2.18. The van der Waals surface area contributed by atoms with Gasteiger partial charge in [0.05, 0.1) is 5.02 Å². The lowest BCUT2D eigenvalue weighted by Gasteiger charge is -2.20. The van der Waals surface area contributed by atoms with Gasteiger partial charge in [-0.2, -0.15) is 4.98 Å². The number of hydrogen-bond donors (Lipinski definition) is 1. The van der Waals surface area contributed by atoms with Crippen molar-refractivity contribution >= 4 is 11.6 Å². The number of halogens is 2. The summed E-state index contributed by atoms with van der Waals surface area (Å²) in [6, 6.07) is 4.41. The average molecular weight is 296 g/mol. The second-order valence-electron chi connectivity index (χ2n) is 5.06. The number of piperidine rings is 1. The molecule has 1 unspecified atom stereocenters. The van der Waals surface area contributed by atoms with Gasteiger partial charge < -0.3 is 9.84 Å². The molecule has 0 amide bonds. The molecule has 0 bridgehead atoms. The molecule has 6 heteroatoms. The van der Waals surface area contributed by atoms with Crippen LogP contribution in [0, 0.1) is 11.7 Å². The second kappa shape index (κ2) is 5.89. The van der Waals surface area contributed by atoms with E-state index in [2.05, 4.69) is 15.5 Å². The highest BCUT2D eigenvalue weighted by atomic mass is 35.5. The molecule has 106 valence electrons. The lowest BCUT2D eigenvalue weighted by atomic mass is 9.96. The van der Waals surface area contributed by atoms with Crippen molar-refractivity contribution in [1.29, 1.82) is 0 Å². The van der Waals surface area contributed by atoms with E-state index in [1.165, 1.54) is 25.0 Å². The molecule has 1 aliphatic rings. The van der Waals surface area contributed by atoms with E-state index in [4.69, 9.17) is 16.1 Å². The van der Waals surface area contributed by atoms with Crippen LogP contribution in [0.1, 0.15) is 18.7 Å². The van der Waals surface area contributed by atoms with Gasteiger partial charge in [-0.1, -0.05) is 16.8 Å². The van der Waals surface area contributed by atoms with Gasteiger partial charge in [0.2, 0.25) is 11.7 Å². The second-order valence-corrected chi connectivity index (χ2v) is 5.46. The molecule has 2 heterocycles. The van der Waals surface area contributed by atoms with Crippen LogP contribution >= 0.6 is 11.6 Å². The number of hydrogen-bond acceptors (Lipinski definition) is 4. The van der Waals surface area contributed by atoms with Gasteiger partial charge in [0.1, 0.15) is 5.82 Å². The van der Waals surface area contributed by atoms with E-state index in [1.807, 2.05) is 0 Å². The van der Waals surface area contributed by atoms with Crippen molar-refractivity contribution < 1.29 is 8.91 Å². The van der Waals surface area contributed by atoms with Gasteiger partial charge in [-0.3, -0.25) is 0 Å². The number of nitrogens with zero attached hydrogens (tertiary/aromatic N) is 2. The minimum atomic E-state index is -0.451. The smallest absolute Gasteiger partial charge is 0.227 e. The largest absolute Gasteiger partial charge is 0.339 e. The molecule has 0 spiro atoms. The summed E-state index contributed by atoms with van der Waals surface area (Å²) in [7, 11) is 0. The van der Waals surface area contributed by atoms with Crippen molar-refractivity contribution in [2.24, 2.45) is 5.92 Å². The minimum absolute atomic E-state index is 0.0605. The Hall–Kier alpha value is -1.46. The third-order valence-electron chi connectivity index (χ3n) is 3.51. The summed E-state index contributed by atoms with van der Waals surface area (Å²) in [6.07, 6.45) is 3.13. The van der Waals surface area contributed by atoms with Crippen LogP contribution in [0.25, 0.3) is 11.4 Å². The summed E-state index contributed by atoms with van der Waals surface area (Å²) in [5.74, 6) is 1.15.